The lowest BCUT2D eigenvalue weighted by Crippen LogP contribution is -2.38. The Bertz CT molecular complexity index is 708. The van der Waals surface area contributed by atoms with Gasteiger partial charge in [-0.25, -0.2) is 4.79 Å². The van der Waals surface area contributed by atoms with Crippen molar-refractivity contribution in [3.8, 4) is 11.5 Å². The smallest absolute Gasteiger partial charge is 0.338 e. The Morgan fingerprint density at radius 1 is 1.16 bits per heavy atom. The summed E-state index contributed by atoms with van der Waals surface area (Å²) in [5.74, 6) is 0.438. The van der Waals surface area contributed by atoms with Crippen LogP contribution in [0.2, 0.25) is 0 Å². The van der Waals surface area contributed by atoms with Gasteiger partial charge in [0.15, 0.2) is 11.5 Å². The first kappa shape index (κ1) is 17.8. The molecule has 0 heterocycles. The van der Waals surface area contributed by atoms with Gasteiger partial charge in [-0.3, -0.25) is 4.79 Å². The van der Waals surface area contributed by atoms with Gasteiger partial charge in [0.2, 0.25) is 0 Å². The average molecular weight is 346 g/mol. The lowest BCUT2D eigenvalue weighted by atomic mass is 9.70. The summed E-state index contributed by atoms with van der Waals surface area (Å²) in [5, 5.41) is 0. The quantitative estimate of drug-likeness (QED) is 0.609. The molecule has 136 valence electrons. The molecule has 2 saturated carbocycles. The van der Waals surface area contributed by atoms with E-state index in [1.165, 1.54) is 20.5 Å². The zero-order chi connectivity index (χ0) is 18.4. The monoisotopic (exact) mass is 346 g/mol. The molecule has 3 atom stereocenters. The van der Waals surface area contributed by atoms with E-state index in [1.54, 1.807) is 18.2 Å². The minimum atomic E-state index is -0.439. The Hall–Kier alpha value is -2.04. The molecule has 0 N–H and O–H groups in total. The second kappa shape index (κ2) is 6.04. The molecule has 0 spiro atoms. The Morgan fingerprint density at radius 3 is 2.40 bits per heavy atom. The van der Waals surface area contributed by atoms with Crippen LogP contribution >= 0.6 is 0 Å². The SMILES string of the molecule is COc1cc(C(=O)O[C@@H]2C[C@H]3CC[C@]2(C)C3(C)C)ccc1OC(C)=O. The minimum absolute atomic E-state index is 0.0229. The van der Waals surface area contributed by atoms with Gasteiger partial charge >= 0.3 is 11.9 Å². The summed E-state index contributed by atoms with van der Waals surface area (Å²) >= 11 is 0. The maximum Gasteiger partial charge on any atom is 0.338 e. The summed E-state index contributed by atoms with van der Waals surface area (Å²) < 4.78 is 16.2. The van der Waals surface area contributed by atoms with Crippen molar-refractivity contribution in [3.05, 3.63) is 23.8 Å². The summed E-state index contributed by atoms with van der Waals surface area (Å²) in [6.45, 7) is 8.13. The molecule has 0 unspecified atom stereocenters. The van der Waals surface area contributed by atoms with Crippen molar-refractivity contribution in [2.75, 3.05) is 7.11 Å². The van der Waals surface area contributed by atoms with Gasteiger partial charge in [0.1, 0.15) is 6.10 Å². The topological polar surface area (TPSA) is 61.8 Å². The number of benzene rings is 1. The third-order valence-electron chi connectivity index (χ3n) is 6.62. The molecule has 0 radical (unpaired) electrons. The molecule has 0 aliphatic heterocycles. The average Bonchev–Trinajstić information content (AvgIpc) is 2.88. The number of carbonyl (C=O) groups excluding carboxylic acids is 2. The molecule has 0 amide bonds. The Morgan fingerprint density at radius 2 is 1.88 bits per heavy atom. The molecule has 25 heavy (non-hydrogen) atoms. The molecule has 5 nitrogen and oxygen atoms in total. The van der Waals surface area contributed by atoms with E-state index in [9.17, 15) is 9.59 Å². The van der Waals surface area contributed by atoms with E-state index >= 15 is 0 Å². The Kier molecular flexibility index (Phi) is 4.30. The van der Waals surface area contributed by atoms with Crippen LogP contribution in [0.5, 0.6) is 11.5 Å². The fraction of sp³-hybridized carbons (Fsp3) is 0.600. The largest absolute Gasteiger partial charge is 0.493 e. The van der Waals surface area contributed by atoms with E-state index in [2.05, 4.69) is 20.8 Å². The fourth-order valence-electron chi connectivity index (χ4n) is 4.54. The minimum Gasteiger partial charge on any atom is -0.493 e. The van der Waals surface area contributed by atoms with E-state index < -0.39 is 5.97 Å². The van der Waals surface area contributed by atoms with E-state index in [4.69, 9.17) is 14.2 Å². The molecule has 5 heteroatoms. The molecule has 2 aliphatic rings. The third-order valence-corrected chi connectivity index (χ3v) is 6.62. The van der Waals surface area contributed by atoms with Crippen molar-refractivity contribution in [2.45, 2.75) is 53.1 Å². The second-order valence-corrected chi connectivity index (χ2v) is 7.96. The third kappa shape index (κ3) is 2.79. The normalized spacial score (nSPS) is 29.3. The van der Waals surface area contributed by atoms with Crippen LogP contribution in [0.4, 0.5) is 0 Å². The predicted molar refractivity (Wildman–Crippen MR) is 92.7 cm³/mol. The summed E-state index contributed by atoms with van der Waals surface area (Å²) in [5.41, 5.74) is 0.612. The number of fused-ring (bicyclic) bond motifs is 2. The fourth-order valence-corrected chi connectivity index (χ4v) is 4.54. The van der Waals surface area contributed by atoms with Crippen LogP contribution in [0.25, 0.3) is 0 Å². The molecule has 2 bridgehead atoms. The molecule has 1 aromatic carbocycles. The van der Waals surface area contributed by atoms with Crippen LogP contribution in [-0.2, 0) is 9.53 Å². The Balaban J connectivity index is 1.77. The highest BCUT2D eigenvalue weighted by molar-refractivity contribution is 5.90. The molecule has 3 rings (SSSR count). The van der Waals surface area contributed by atoms with Crippen molar-refractivity contribution in [1.29, 1.82) is 0 Å². The summed E-state index contributed by atoms with van der Waals surface area (Å²) in [6.07, 6.45) is 3.17. The van der Waals surface area contributed by atoms with Crippen molar-refractivity contribution in [1.82, 2.24) is 0 Å². The first-order valence-electron chi connectivity index (χ1n) is 8.76. The molecule has 1 aromatic rings. The van der Waals surface area contributed by atoms with Crippen molar-refractivity contribution >= 4 is 11.9 Å². The maximum absolute atomic E-state index is 12.6. The number of esters is 2. The summed E-state index contributed by atoms with van der Waals surface area (Å²) in [6, 6.07) is 4.72. The van der Waals surface area contributed by atoms with E-state index in [0.717, 1.165) is 12.8 Å². The van der Waals surface area contributed by atoms with E-state index in [0.29, 0.717) is 23.0 Å². The molecular formula is C20H26O5. The van der Waals surface area contributed by atoms with E-state index in [-0.39, 0.29) is 22.9 Å². The highest BCUT2D eigenvalue weighted by atomic mass is 16.6. The molecule has 0 aromatic heterocycles. The Labute approximate surface area is 148 Å². The first-order valence-corrected chi connectivity index (χ1v) is 8.76. The number of rotatable bonds is 4. The second-order valence-electron chi connectivity index (χ2n) is 7.96. The van der Waals surface area contributed by atoms with Crippen LogP contribution in [0.3, 0.4) is 0 Å². The number of hydrogen-bond acceptors (Lipinski definition) is 5. The van der Waals surface area contributed by atoms with Crippen LogP contribution in [-0.4, -0.2) is 25.2 Å². The van der Waals surface area contributed by atoms with Crippen LogP contribution in [0.1, 0.15) is 57.3 Å². The van der Waals surface area contributed by atoms with Gasteiger partial charge in [0.25, 0.3) is 0 Å². The zero-order valence-electron chi connectivity index (χ0n) is 15.5. The zero-order valence-corrected chi connectivity index (χ0v) is 15.5. The summed E-state index contributed by atoms with van der Waals surface area (Å²) in [7, 11) is 1.47. The van der Waals surface area contributed by atoms with Gasteiger partial charge in [-0.05, 0) is 48.8 Å². The van der Waals surface area contributed by atoms with Crippen LogP contribution in [0, 0.1) is 16.7 Å². The van der Waals surface area contributed by atoms with Gasteiger partial charge in [-0.2, -0.15) is 0 Å². The van der Waals surface area contributed by atoms with Crippen LogP contribution in [0.15, 0.2) is 18.2 Å². The van der Waals surface area contributed by atoms with Gasteiger partial charge in [0.05, 0.1) is 12.7 Å². The summed E-state index contributed by atoms with van der Waals surface area (Å²) in [4.78, 5) is 23.8. The molecule has 0 saturated heterocycles. The van der Waals surface area contributed by atoms with Gasteiger partial charge < -0.3 is 14.2 Å². The van der Waals surface area contributed by atoms with Gasteiger partial charge in [0, 0.05) is 12.3 Å². The lowest BCUT2D eigenvalue weighted by molar-refractivity contribution is -0.132. The number of carbonyl (C=O) groups is 2. The first-order chi connectivity index (χ1) is 11.7. The van der Waals surface area contributed by atoms with Crippen LogP contribution < -0.4 is 9.47 Å². The maximum atomic E-state index is 12.6. The van der Waals surface area contributed by atoms with Crippen molar-refractivity contribution in [2.24, 2.45) is 16.7 Å². The standard InChI is InChI=1S/C20H26O5/c1-12(21)24-15-7-6-13(10-16(15)23-5)18(22)25-17-11-14-8-9-20(17,4)19(14,2)3/h6-7,10,14,17H,8-9,11H2,1-5H3/t14-,17-,20+/m1/s1. The van der Waals surface area contributed by atoms with Crippen molar-refractivity contribution < 1.29 is 23.8 Å². The number of ether oxygens (including phenoxy) is 3. The number of hydrogen-bond donors (Lipinski definition) is 0. The highest BCUT2D eigenvalue weighted by Crippen LogP contribution is 2.66. The van der Waals surface area contributed by atoms with E-state index in [1.807, 2.05) is 0 Å². The van der Waals surface area contributed by atoms with Gasteiger partial charge in [-0.1, -0.05) is 20.8 Å². The molecule has 2 fully saturated rings. The van der Waals surface area contributed by atoms with Gasteiger partial charge in [-0.15, -0.1) is 0 Å². The highest BCUT2D eigenvalue weighted by Gasteiger charge is 2.62. The predicted octanol–water partition coefficient (Wildman–Crippen LogP) is 3.99. The molecule has 2 aliphatic carbocycles. The molecular weight excluding hydrogens is 320 g/mol. The van der Waals surface area contributed by atoms with Crippen molar-refractivity contribution in [3.63, 3.8) is 0 Å². The number of methoxy groups -OCH3 is 1. The lowest BCUT2D eigenvalue weighted by Gasteiger charge is -2.38.